The number of alkyl halides is 3. The third-order valence-corrected chi connectivity index (χ3v) is 6.56. The van der Waals surface area contributed by atoms with E-state index in [-0.39, 0.29) is 24.2 Å². The second kappa shape index (κ2) is 8.56. The first-order valence-electron chi connectivity index (χ1n) is 9.47. The summed E-state index contributed by atoms with van der Waals surface area (Å²) in [7, 11) is 0. The summed E-state index contributed by atoms with van der Waals surface area (Å²) in [5, 5.41) is 20.1. The average molecular weight is 496 g/mol. The number of nitrogens with zero attached hydrogens (tertiary/aromatic N) is 3. The van der Waals surface area contributed by atoms with Crippen molar-refractivity contribution in [3.8, 4) is 0 Å². The number of aliphatic carboxylic acids is 1. The minimum atomic E-state index is -4.49. The maximum absolute atomic E-state index is 13.0. The van der Waals surface area contributed by atoms with Gasteiger partial charge in [-0.15, -0.1) is 11.3 Å². The fourth-order valence-corrected chi connectivity index (χ4v) is 4.92. The molecule has 33 heavy (non-hydrogen) atoms. The third-order valence-electron chi connectivity index (χ3n) is 4.80. The number of carboxylic acid groups (broad SMARTS) is 1. The van der Waals surface area contributed by atoms with Crippen LogP contribution in [0.1, 0.15) is 23.2 Å². The quantitative estimate of drug-likeness (QED) is 0.424. The largest absolute Gasteiger partial charge is 0.480 e. The zero-order valence-corrected chi connectivity index (χ0v) is 18.5. The number of thiazole rings is 1. The molecule has 2 N–H and O–H groups in total. The monoisotopic (exact) mass is 496 g/mol. The number of hydrogen-bond donors (Lipinski definition) is 2. The van der Waals surface area contributed by atoms with Crippen molar-refractivity contribution in [2.75, 3.05) is 0 Å². The zero-order chi connectivity index (χ0) is 23.9. The smallest absolute Gasteiger partial charge is 0.416 e. The minimum absolute atomic E-state index is 0.0918. The number of aromatic nitrogens is 3. The van der Waals surface area contributed by atoms with E-state index in [0.717, 1.165) is 28.2 Å². The molecule has 4 rings (SSSR count). The number of benzene rings is 1. The maximum atomic E-state index is 13.0. The standard InChI is InChI=1S/C20H15F3N4O4S2/c1-9(19(30)31)24-16(28)5-13-11-7-32-8-12(11)18(29)27(26-13)6-17-25-14-4-10(20(21,22)23)2-3-15(14)33-17/h2-4,7-9H,5-6H2,1H3,(H,24,28)(H,30,31)/t9-/m0/s1. The first-order chi connectivity index (χ1) is 15.5. The average Bonchev–Trinajstić information content (AvgIpc) is 3.37. The molecule has 0 fully saturated rings. The topological polar surface area (TPSA) is 114 Å². The van der Waals surface area contributed by atoms with Crippen molar-refractivity contribution in [2.24, 2.45) is 0 Å². The van der Waals surface area contributed by atoms with Gasteiger partial charge in [0.05, 0.1) is 39.8 Å². The Kier molecular flexibility index (Phi) is 5.93. The van der Waals surface area contributed by atoms with Crippen LogP contribution < -0.4 is 10.9 Å². The van der Waals surface area contributed by atoms with Crippen molar-refractivity contribution < 1.29 is 27.9 Å². The Morgan fingerprint density at radius 3 is 2.67 bits per heavy atom. The number of halogens is 3. The molecule has 0 radical (unpaired) electrons. The fraction of sp³-hybridized carbons (Fsp3) is 0.250. The van der Waals surface area contributed by atoms with Gasteiger partial charge in [0, 0.05) is 16.1 Å². The lowest BCUT2D eigenvalue weighted by Gasteiger charge is -2.11. The van der Waals surface area contributed by atoms with Crippen molar-refractivity contribution in [1.29, 1.82) is 0 Å². The Morgan fingerprint density at radius 1 is 1.24 bits per heavy atom. The van der Waals surface area contributed by atoms with Gasteiger partial charge in [-0.2, -0.15) is 29.6 Å². The van der Waals surface area contributed by atoms with Crippen LogP contribution in [0.4, 0.5) is 13.2 Å². The lowest BCUT2D eigenvalue weighted by molar-refractivity contribution is -0.141. The Hall–Kier alpha value is -3.32. The number of nitrogens with one attached hydrogen (secondary N) is 1. The van der Waals surface area contributed by atoms with E-state index < -0.39 is 35.2 Å². The van der Waals surface area contributed by atoms with Gasteiger partial charge in [-0.1, -0.05) is 0 Å². The zero-order valence-electron chi connectivity index (χ0n) is 16.8. The molecule has 3 heterocycles. The summed E-state index contributed by atoms with van der Waals surface area (Å²) in [6.45, 7) is 1.23. The van der Waals surface area contributed by atoms with Crippen LogP contribution in [0.3, 0.4) is 0 Å². The summed E-state index contributed by atoms with van der Waals surface area (Å²) in [5.74, 6) is -1.76. The second-order valence-corrected chi connectivity index (χ2v) is 9.06. The van der Waals surface area contributed by atoms with Gasteiger partial charge < -0.3 is 10.4 Å². The van der Waals surface area contributed by atoms with E-state index in [0.29, 0.717) is 20.5 Å². The van der Waals surface area contributed by atoms with Gasteiger partial charge in [0.15, 0.2) is 0 Å². The molecule has 0 bridgehead atoms. The van der Waals surface area contributed by atoms with Crippen LogP contribution in [0.25, 0.3) is 21.0 Å². The molecule has 0 spiro atoms. The minimum Gasteiger partial charge on any atom is -0.480 e. The summed E-state index contributed by atoms with van der Waals surface area (Å²) in [6, 6.07) is 2.16. The van der Waals surface area contributed by atoms with Crippen LogP contribution in [-0.4, -0.2) is 37.8 Å². The van der Waals surface area contributed by atoms with Crippen LogP contribution in [0.2, 0.25) is 0 Å². The van der Waals surface area contributed by atoms with Crippen molar-refractivity contribution in [3.05, 3.63) is 55.6 Å². The van der Waals surface area contributed by atoms with E-state index in [1.807, 2.05) is 0 Å². The molecule has 1 aromatic carbocycles. The highest BCUT2D eigenvalue weighted by Gasteiger charge is 2.30. The first kappa shape index (κ1) is 22.9. The summed E-state index contributed by atoms with van der Waals surface area (Å²) in [5.41, 5.74) is -0.798. The third kappa shape index (κ3) is 4.73. The molecular weight excluding hydrogens is 481 g/mol. The van der Waals surface area contributed by atoms with Gasteiger partial charge in [-0.25, -0.2) is 9.67 Å². The molecule has 0 aliphatic heterocycles. The van der Waals surface area contributed by atoms with Crippen LogP contribution >= 0.6 is 22.7 Å². The van der Waals surface area contributed by atoms with Crippen molar-refractivity contribution in [3.63, 3.8) is 0 Å². The second-order valence-electron chi connectivity index (χ2n) is 7.20. The molecular formula is C20H15F3N4O4S2. The molecule has 4 aromatic rings. The number of hydrogen-bond acceptors (Lipinski definition) is 7. The highest BCUT2D eigenvalue weighted by molar-refractivity contribution is 7.18. The van der Waals surface area contributed by atoms with Crippen LogP contribution in [0.5, 0.6) is 0 Å². The Labute approximate surface area is 191 Å². The highest BCUT2D eigenvalue weighted by atomic mass is 32.1. The van der Waals surface area contributed by atoms with Gasteiger partial charge in [-0.3, -0.25) is 14.4 Å². The van der Waals surface area contributed by atoms with Gasteiger partial charge in [-0.05, 0) is 25.1 Å². The molecule has 0 aliphatic carbocycles. The molecule has 8 nitrogen and oxygen atoms in total. The van der Waals surface area contributed by atoms with Crippen LogP contribution in [0, 0.1) is 0 Å². The molecule has 0 aliphatic rings. The Balaban J connectivity index is 1.67. The Morgan fingerprint density at radius 2 is 1.97 bits per heavy atom. The van der Waals surface area contributed by atoms with E-state index in [2.05, 4.69) is 15.4 Å². The summed E-state index contributed by atoms with van der Waals surface area (Å²) < 4.78 is 40.5. The summed E-state index contributed by atoms with van der Waals surface area (Å²) >= 11 is 2.39. The number of carbonyl (C=O) groups excluding carboxylic acids is 1. The van der Waals surface area contributed by atoms with E-state index in [9.17, 15) is 27.6 Å². The first-order valence-corrected chi connectivity index (χ1v) is 11.2. The van der Waals surface area contributed by atoms with E-state index in [1.54, 1.807) is 10.8 Å². The van der Waals surface area contributed by atoms with Gasteiger partial charge >= 0.3 is 12.1 Å². The lowest BCUT2D eigenvalue weighted by Crippen LogP contribution is -2.39. The van der Waals surface area contributed by atoms with E-state index in [1.165, 1.54) is 24.3 Å². The normalized spacial score (nSPS) is 12.8. The molecule has 172 valence electrons. The molecule has 0 saturated heterocycles. The number of fused-ring (bicyclic) bond motifs is 2. The maximum Gasteiger partial charge on any atom is 0.416 e. The van der Waals surface area contributed by atoms with E-state index in [4.69, 9.17) is 5.11 Å². The molecule has 0 unspecified atom stereocenters. The number of thiophene rings is 1. The van der Waals surface area contributed by atoms with Crippen LogP contribution in [-0.2, 0) is 28.7 Å². The summed E-state index contributed by atoms with van der Waals surface area (Å²) in [4.78, 5) is 40.3. The van der Waals surface area contributed by atoms with Crippen LogP contribution in [0.15, 0.2) is 33.8 Å². The molecule has 13 heteroatoms. The molecule has 3 aromatic heterocycles. The Bertz CT molecular complexity index is 1440. The van der Waals surface area contributed by atoms with Crippen molar-refractivity contribution >= 4 is 55.5 Å². The predicted octanol–water partition coefficient (Wildman–Crippen LogP) is 3.27. The van der Waals surface area contributed by atoms with Crippen molar-refractivity contribution in [1.82, 2.24) is 20.1 Å². The SMILES string of the molecule is C[C@H](NC(=O)Cc1nn(Cc2nc3cc(C(F)(F)F)ccc3s2)c(=O)c2cscc12)C(=O)O. The highest BCUT2D eigenvalue weighted by Crippen LogP contribution is 2.33. The fourth-order valence-electron chi connectivity index (χ4n) is 3.16. The number of carboxylic acids is 1. The molecule has 1 atom stereocenters. The van der Waals surface area contributed by atoms with Gasteiger partial charge in [0.2, 0.25) is 5.91 Å². The number of carbonyl (C=O) groups is 2. The summed E-state index contributed by atoms with van der Waals surface area (Å²) in [6.07, 6.45) is -4.74. The molecule has 0 saturated carbocycles. The predicted molar refractivity (Wildman–Crippen MR) is 117 cm³/mol. The molecule has 1 amide bonds. The number of amides is 1. The van der Waals surface area contributed by atoms with Gasteiger partial charge in [0.1, 0.15) is 11.0 Å². The lowest BCUT2D eigenvalue weighted by atomic mass is 10.1. The van der Waals surface area contributed by atoms with E-state index >= 15 is 0 Å². The number of rotatable bonds is 6. The van der Waals surface area contributed by atoms with Gasteiger partial charge in [0.25, 0.3) is 5.56 Å². The van der Waals surface area contributed by atoms with Crippen molar-refractivity contribution in [2.45, 2.75) is 32.1 Å².